The fourth-order valence-electron chi connectivity index (χ4n) is 4.14. The molecule has 4 rings (SSSR count). The van der Waals surface area contributed by atoms with E-state index in [1.807, 2.05) is 12.1 Å². The summed E-state index contributed by atoms with van der Waals surface area (Å²) in [4.78, 5) is 0. The standard InChI is InChI=1S/C12H12BrFN2O.C12H13FN2O.BHNS/c13-10-11(14)8(6-15)5-9(12(10)16)7-1-3-17-4-2-7;13-11-6-12(15)10(5-9(11)7-14)8-1-3-16-4-2-8;1-2-3/h5,7H,1-4,16H2;5-6,8H,1-4,15H2;3H. The first kappa shape index (κ1) is 29.7. The monoisotopic (exact) mass is 576 g/mol. The van der Waals surface area contributed by atoms with Crippen LogP contribution in [0.15, 0.2) is 27.0 Å². The number of anilines is 2. The molecule has 0 unspecified atom stereocenters. The molecule has 12 heteroatoms. The Morgan fingerprint density at radius 1 is 0.917 bits per heavy atom. The zero-order valence-electron chi connectivity index (χ0n) is 19.5. The number of thiol groups is 1. The van der Waals surface area contributed by atoms with Gasteiger partial charge < -0.3 is 20.9 Å². The second-order valence-electron chi connectivity index (χ2n) is 8.13. The Balaban J connectivity index is 0.000000229. The van der Waals surface area contributed by atoms with Crippen molar-refractivity contribution in [3.8, 4) is 12.1 Å². The summed E-state index contributed by atoms with van der Waals surface area (Å²) in [7, 11) is 4.34. The molecule has 189 valence electrons. The molecule has 2 fully saturated rings. The van der Waals surface area contributed by atoms with Crippen LogP contribution in [0.5, 0.6) is 0 Å². The summed E-state index contributed by atoms with van der Waals surface area (Å²) < 4.78 is 40.3. The van der Waals surface area contributed by atoms with Crippen LogP contribution < -0.4 is 11.5 Å². The molecule has 1 radical (unpaired) electrons. The van der Waals surface area contributed by atoms with Crippen molar-refractivity contribution in [2.24, 2.45) is 4.30 Å². The minimum atomic E-state index is -0.583. The van der Waals surface area contributed by atoms with Gasteiger partial charge in [-0.05, 0) is 82.8 Å². The predicted octanol–water partition coefficient (Wildman–Crippen LogP) is 5.29. The van der Waals surface area contributed by atoms with Crippen LogP contribution in [0.2, 0.25) is 0 Å². The van der Waals surface area contributed by atoms with Crippen LogP contribution in [0.25, 0.3) is 0 Å². The van der Waals surface area contributed by atoms with Crippen LogP contribution in [-0.2, 0) is 9.47 Å². The first-order valence-corrected chi connectivity index (χ1v) is 12.3. The molecular formula is C24H26BBrF2N5O2S. The van der Waals surface area contributed by atoms with E-state index in [-0.39, 0.29) is 27.4 Å². The summed E-state index contributed by atoms with van der Waals surface area (Å²) in [5.41, 5.74) is 14.3. The second-order valence-corrected chi connectivity index (χ2v) is 9.15. The molecule has 0 atom stereocenters. The van der Waals surface area contributed by atoms with Crippen LogP contribution in [0.3, 0.4) is 0 Å². The summed E-state index contributed by atoms with van der Waals surface area (Å²) in [5.74, 6) is -0.606. The van der Waals surface area contributed by atoms with Crippen molar-refractivity contribution in [1.82, 2.24) is 0 Å². The number of hydrogen-bond acceptors (Lipinski definition) is 8. The summed E-state index contributed by atoms with van der Waals surface area (Å²) in [5, 5.41) is 17.7. The van der Waals surface area contributed by atoms with Crippen molar-refractivity contribution < 1.29 is 18.3 Å². The van der Waals surface area contributed by atoms with E-state index in [4.69, 9.17) is 31.5 Å². The van der Waals surface area contributed by atoms with Gasteiger partial charge in [-0.25, -0.2) is 8.78 Å². The predicted molar refractivity (Wildman–Crippen MR) is 142 cm³/mol. The molecule has 2 saturated heterocycles. The first-order chi connectivity index (χ1) is 17.3. The molecular weight excluding hydrogens is 551 g/mol. The number of rotatable bonds is 2. The first-order valence-electron chi connectivity index (χ1n) is 11.1. The van der Waals surface area contributed by atoms with Crippen molar-refractivity contribution in [2.45, 2.75) is 37.5 Å². The van der Waals surface area contributed by atoms with Crippen molar-refractivity contribution in [3.05, 3.63) is 56.6 Å². The van der Waals surface area contributed by atoms with Gasteiger partial charge in [-0.3, -0.25) is 0 Å². The fraction of sp³-hybridized carbons (Fsp3) is 0.417. The van der Waals surface area contributed by atoms with Gasteiger partial charge >= 0.3 is 24.8 Å². The quantitative estimate of drug-likeness (QED) is 0.253. The molecule has 7 nitrogen and oxygen atoms in total. The Bertz CT molecular complexity index is 1150. The number of ether oxygens (including phenoxy) is 2. The van der Waals surface area contributed by atoms with Gasteiger partial charge in [0.25, 0.3) is 0 Å². The van der Waals surface area contributed by atoms with E-state index in [1.54, 1.807) is 12.1 Å². The van der Waals surface area contributed by atoms with Crippen LogP contribution in [-0.4, -0.2) is 34.1 Å². The van der Waals surface area contributed by atoms with Gasteiger partial charge in [-0.1, -0.05) is 0 Å². The zero-order valence-corrected chi connectivity index (χ0v) is 22.0. The molecule has 4 N–H and O–H groups in total. The molecule has 0 amide bonds. The van der Waals surface area contributed by atoms with Gasteiger partial charge in [0.2, 0.25) is 0 Å². The maximum absolute atomic E-state index is 13.6. The number of nitrogens with two attached hydrogens (primary N) is 2. The van der Waals surface area contributed by atoms with E-state index in [2.05, 4.69) is 40.7 Å². The van der Waals surface area contributed by atoms with Gasteiger partial charge in [-0.2, -0.15) is 10.5 Å². The summed E-state index contributed by atoms with van der Waals surface area (Å²) >= 11 is 6.30. The number of nitrogens with zero attached hydrogens (tertiary/aromatic N) is 3. The number of halogens is 3. The molecule has 0 saturated carbocycles. The number of nitriles is 2. The number of hydrogen-bond donors (Lipinski definition) is 3. The van der Waals surface area contributed by atoms with Crippen LogP contribution >= 0.6 is 28.7 Å². The Labute approximate surface area is 224 Å². The number of nitrogen functional groups attached to an aromatic ring is 2. The normalized spacial score (nSPS) is 15.8. The molecule has 2 aromatic carbocycles. The van der Waals surface area contributed by atoms with Crippen LogP contribution in [0, 0.1) is 34.3 Å². The Morgan fingerprint density at radius 2 is 1.36 bits per heavy atom. The molecule has 2 aromatic rings. The molecule has 2 aliphatic heterocycles. The zero-order chi connectivity index (χ0) is 26.7. The summed E-state index contributed by atoms with van der Waals surface area (Å²) in [6.07, 6.45) is 3.46. The van der Waals surface area contributed by atoms with Crippen molar-refractivity contribution in [2.75, 3.05) is 37.9 Å². The molecule has 2 aliphatic rings. The van der Waals surface area contributed by atoms with E-state index in [0.29, 0.717) is 37.8 Å². The van der Waals surface area contributed by atoms with Crippen LogP contribution in [0.4, 0.5) is 20.2 Å². The minimum absolute atomic E-state index is 0.0348. The Hall–Kier alpha value is -2.51. The Morgan fingerprint density at radius 3 is 1.83 bits per heavy atom. The van der Waals surface area contributed by atoms with Crippen molar-refractivity contribution >= 4 is 47.8 Å². The van der Waals surface area contributed by atoms with E-state index < -0.39 is 11.6 Å². The van der Waals surface area contributed by atoms with Gasteiger partial charge in [0.15, 0.2) is 5.82 Å². The van der Waals surface area contributed by atoms with Gasteiger partial charge in [0, 0.05) is 32.1 Å². The third-order valence-electron chi connectivity index (χ3n) is 6.01. The third-order valence-corrected chi connectivity index (χ3v) is 6.79. The summed E-state index contributed by atoms with van der Waals surface area (Å²) in [6, 6.07) is 8.06. The number of benzene rings is 2. The van der Waals surface area contributed by atoms with Crippen molar-refractivity contribution in [1.29, 1.82) is 10.5 Å². The molecule has 0 bridgehead atoms. The average molecular weight is 577 g/mol. The van der Waals surface area contributed by atoms with Crippen LogP contribution in [0.1, 0.15) is 59.8 Å². The van der Waals surface area contributed by atoms with E-state index in [0.717, 1.165) is 36.8 Å². The fourth-order valence-corrected chi connectivity index (χ4v) is 4.58. The van der Waals surface area contributed by atoms with Gasteiger partial charge in [0.05, 0.1) is 21.3 Å². The van der Waals surface area contributed by atoms with Crippen molar-refractivity contribution in [3.63, 3.8) is 0 Å². The topological polar surface area (TPSA) is 130 Å². The maximum atomic E-state index is 13.6. The Kier molecular flexibility index (Phi) is 12.3. The second kappa shape index (κ2) is 14.9. The van der Waals surface area contributed by atoms with Gasteiger partial charge in [0.1, 0.15) is 18.0 Å². The third kappa shape index (κ3) is 7.74. The average Bonchev–Trinajstić information content (AvgIpc) is 2.89. The SMILES string of the molecule is N#Cc1cc(C2CCOCC2)c(N)c(Br)c1F.N#Cc1cc(C2CCOCC2)c(N)cc1F.[B]=NS. The molecule has 2 heterocycles. The molecule has 0 aromatic heterocycles. The van der Waals surface area contributed by atoms with Gasteiger partial charge in [-0.15, -0.1) is 0 Å². The van der Waals surface area contributed by atoms with E-state index in [1.165, 1.54) is 6.07 Å². The van der Waals surface area contributed by atoms with E-state index in [9.17, 15) is 8.78 Å². The molecule has 36 heavy (non-hydrogen) atoms. The van der Waals surface area contributed by atoms with E-state index >= 15 is 0 Å². The molecule has 0 spiro atoms. The molecule has 0 aliphatic carbocycles. The summed E-state index contributed by atoms with van der Waals surface area (Å²) in [6.45, 7) is 2.76.